The molecule has 0 bridgehead atoms. The molecule has 0 saturated heterocycles. The molecule has 1 atom stereocenters. The van der Waals surface area contributed by atoms with E-state index in [0.29, 0.717) is 11.7 Å². The first-order chi connectivity index (χ1) is 13.6. The van der Waals surface area contributed by atoms with Crippen LogP contribution in [-0.2, 0) is 0 Å². The molecule has 1 heterocycles. The Morgan fingerprint density at radius 1 is 0.929 bits per heavy atom. The lowest BCUT2D eigenvalue weighted by Gasteiger charge is -2.17. The standard InChI is InChI=1S/C23H25N3O2/c1-25(2)14-15-28-23-19(17-9-5-7-11-21(17)26(3)27)13-12-18-16-8-4-6-10-20(16)24-22(18)23/h4-13,24,27H,14-15H2,1-3H3/p+1. The number of benzene rings is 3. The molecule has 1 unspecified atom stereocenters. The monoisotopic (exact) mass is 376 g/mol. The molecule has 0 spiro atoms. The number of likely N-dealkylation sites (N-methyl/N-ethyl adjacent to an activating group) is 1. The summed E-state index contributed by atoms with van der Waals surface area (Å²) < 4.78 is 6.32. The van der Waals surface area contributed by atoms with E-state index in [0.717, 1.165) is 45.5 Å². The lowest BCUT2D eigenvalue weighted by molar-refractivity contribution is -1.02. The highest BCUT2D eigenvalue weighted by atomic mass is 16.5. The number of fused-ring (bicyclic) bond motifs is 3. The van der Waals surface area contributed by atoms with Crippen LogP contribution in [-0.4, -0.2) is 49.4 Å². The Morgan fingerprint density at radius 3 is 2.46 bits per heavy atom. The highest BCUT2D eigenvalue weighted by Gasteiger charge is 2.20. The zero-order valence-electron chi connectivity index (χ0n) is 16.5. The summed E-state index contributed by atoms with van der Waals surface area (Å²) in [5.41, 5.74) is 4.83. The Hall–Kier alpha value is -2.86. The van der Waals surface area contributed by atoms with Gasteiger partial charge >= 0.3 is 0 Å². The zero-order valence-corrected chi connectivity index (χ0v) is 16.5. The van der Waals surface area contributed by atoms with E-state index in [1.165, 1.54) is 5.39 Å². The van der Waals surface area contributed by atoms with Crippen LogP contribution in [0.15, 0.2) is 60.7 Å². The number of H-pyrrole nitrogens is 1. The summed E-state index contributed by atoms with van der Waals surface area (Å²) in [6, 6.07) is 20.4. The Labute approximate surface area is 164 Å². The van der Waals surface area contributed by atoms with Gasteiger partial charge in [-0.3, -0.25) is 0 Å². The van der Waals surface area contributed by atoms with Gasteiger partial charge in [0, 0.05) is 40.0 Å². The predicted molar refractivity (Wildman–Crippen MR) is 114 cm³/mol. The molecule has 3 aromatic carbocycles. The van der Waals surface area contributed by atoms with Crippen molar-refractivity contribution in [3.05, 3.63) is 60.7 Å². The van der Waals surface area contributed by atoms with Gasteiger partial charge < -0.3 is 14.6 Å². The minimum Gasteiger partial charge on any atom is -0.489 e. The molecule has 28 heavy (non-hydrogen) atoms. The minimum absolute atomic E-state index is 0.298. The van der Waals surface area contributed by atoms with Crippen LogP contribution in [0, 0.1) is 0 Å². The van der Waals surface area contributed by atoms with Crippen molar-refractivity contribution in [2.75, 3.05) is 34.3 Å². The molecule has 0 aliphatic carbocycles. The number of nitrogens with one attached hydrogen (secondary N) is 2. The Kier molecular flexibility index (Phi) is 5.05. The van der Waals surface area contributed by atoms with E-state index in [4.69, 9.17) is 4.74 Å². The van der Waals surface area contributed by atoms with Crippen LogP contribution >= 0.6 is 0 Å². The van der Waals surface area contributed by atoms with Crippen molar-refractivity contribution >= 4 is 27.5 Å². The second-order valence-electron chi connectivity index (χ2n) is 7.32. The van der Waals surface area contributed by atoms with Crippen molar-refractivity contribution in [2.24, 2.45) is 0 Å². The van der Waals surface area contributed by atoms with Crippen LogP contribution in [0.25, 0.3) is 32.9 Å². The molecule has 5 nitrogen and oxygen atoms in total. The number of hydroxylamine groups is 1. The number of nitrogens with zero attached hydrogens (tertiary/aromatic N) is 1. The van der Waals surface area contributed by atoms with Gasteiger partial charge in [0.1, 0.15) is 13.7 Å². The predicted octanol–water partition coefficient (Wildman–Crippen LogP) is 3.46. The minimum atomic E-state index is 0.298. The number of aromatic nitrogens is 1. The smallest absolute Gasteiger partial charge is 0.171 e. The molecule has 0 radical (unpaired) electrons. The molecular formula is C23H26N3O2+. The molecule has 4 rings (SSSR count). The van der Waals surface area contributed by atoms with Gasteiger partial charge in [-0.05, 0) is 32.3 Å². The van der Waals surface area contributed by atoms with Gasteiger partial charge in [-0.25, -0.2) is 5.21 Å². The largest absolute Gasteiger partial charge is 0.489 e. The van der Waals surface area contributed by atoms with Gasteiger partial charge in [0.25, 0.3) is 0 Å². The Balaban J connectivity index is 1.94. The van der Waals surface area contributed by atoms with Gasteiger partial charge in [0.2, 0.25) is 0 Å². The fraction of sp³-hybridized carbons (Fsp3) is 0.217. The number of quaternary nitrogens is 1. The lowest BCUT2D eigenvalue weighted by Crippen LogP contribution is -3.01. The van der Waals surface area contributed by atoms with Gasteiger partial charge in [-0.15, -0.1) is 0 Å². The lowest BCUT2D eigenvalue weighted by atomic mass is 10.00. The van der Waals surface area contributed by atoms with Gasteiger partial charge in [0.05, 0.1) is 5.52 Å². The zero-order chi connectivity index (χ0) is 19.7. The number of aromatic amines is 1. The van der Waals surface area contributed by atoms with Crippen LogP contribution in [0.3, 0.4) is 0 Å². The molecule has 0 saturated carbocycles. The average molecular weight is 376 g/mol. The van der Waals surface area contributed by atoms with E-state index in [-0.39, 0.29) is 0 Å². The highest BCUT2D eigenvalue weighted by molar-refractivity contribution is 6.11. The number of para-hydroxylation sites is 2. The summed E-state index contributed by atoms with van der Waals surface area (Å²) in [4.78, 5) is 5.64. The van der Waals surface area contributed by atoms with Gasteiger partial charge in [0.15, 0.2) is 11.4 Å². The van der Waals surface area contributed by atoms with Crippen LogP contribution in [0.5, 0.6) is 5.75 Å². The second kappa shape index (κ2) is 7.64. The Morgan fingerprint density at radius 2 is 1.68 bits per heavy atom. The maximum Gasteiger partial charge on any atom is 0.171 e. The fourth-order valence-corrected chi connectivity index (χ4v) is 3.62. The molecule has 144 valence electrons. The molecule has 3 N–H and O–H groups in total. The first-order valence-corrected chi connectivity index (χ1v) is 9.49. The molecule has 4 aromatic rings. The third-order valence-corrected chi connectivity index (χ3v) is 5.03. The number of rotatable bonds is 6. The van der Waals surface area contributed by atoms with Gasteiger partial charge in [-0.1, -0.05) is 36.4 Å². The first kappa shape index (κ1) is 18.5. The van der Waals surface area contributed by atoms with E-state index in [9.17, 15) is 5.21 Å². The molecule has 0 aliphatic rings. The second-order valence-corrected chi connectivity index (χ2v) is 7.32. The molecule has 0 aliphatic heterocycles. The van der Waals surface area contributed by atoms with E-state index >= 15 is 0 Å². The molecular weight excluding hydrogens is 350 g/mol. The summed E-state index contributed by atoms with van der Waals surface area (Å²) in [5, 5.41) is 12.8. The quantitative estimate of drug-likeness (QED) is 0.452. The van der Waals surface area contributed by atoms with Crippen molar-refractivity contribution < 1.29 is 15.0 Å². The topological polar surface area (TPSA) is 52.9 Å². The Bertz CT molecular complexity index is 1120. The normalized spacial score (nSPS) is 12.8. The third-order valence-electron chi connectivity index (χ3n) is 5.03. The maximum absolute atomic E-state index is 10.2. The SMILES string of the molecule is CN(C)CCOc1c(-c2ccccc2[NH+](C)O)ccc2c1[nH]c1ccccc12. The van der Waals surface area contributed by atoms with Crippen LogP contribution in [0.2, 0.25) is 0 Å². The molecule has 0 fully saturated rings. The molecule has 1 aromatic heterocycles. The van der Waals surface area contributed by atoms with Crippen LogP contribution in [0.4, 0.5) is 5.69 Å². The average Bonchev–Trinajstić information content (AvgIpc) is 3.07. The van der Waals surface area contributed by atoms with E-state index < -0.39 is 0 Å². The van der Waals surface area contributed by atoms with E-state index in [1.54, 1.807) is 7.05 Å². The first-order valence-electron chi connectivity index (χ1n) is 9.49. The third kappa shape index (κ3) is 3.36. The van der Waals surface area contributed by atoms with Crippen LogP contribution in [0.1, 0.15) is 0 Å². The van der Waals surface area contributed by atoms with E-state index in [1.807, 2.05) is 44.4 Å². The van der Waals surface area contributed by atoms with Crippen molar-refractivity contribution in [3.8, 4) is 16.9 Å². The summed E-state index contributed by atoms with van der Waals surface area (Å²) in [5.74, 6) is 0.823. The summed E-state index contributed by atoms with van der Waals surface area (Å²) in [6.45, 7) is 1.40. The molecule has 0 amide bonds. The number of hydrogen-bond acceptors (Lipinski definition) is 3. The highest BCUT2D eigenvalue weighted by Crippen LogP contribution is 2.41. The summed E-state index contributed by atoms with van der Waals surface area (Å²) >= 11 is 0. The molecule has 5 heteroatoms. The van der Waals surface area contributed by atoms with Crippen LogP contribution < -0.4 is 9.80 Å². The van der Waals surface area contributed by atoms with Gasteiger partial charge in [-0.2, -0.15) is 5.06 Å². The maximum atomic E-state index is 10.2. The van der Waals surface area contributed by atoms with Crippen molar-refractivity contribution in [2.45, 2.75) is 0 Å². The van der Waals surface area contributed by atoms with Crippen molar-refractivity contribution in [1.29, 1.82) is 0 Å². The van der Waals surface area contributed by atoms with E-state index in [2.05, 4.69) is 40.2 Å². The summed E-state index contributed by atoms with van der Waals surface area (Å²) in [6.07, 6.45) is 0. The van der Waals surface area contributed by atoms with Crippen molar-refractivity contribution in [3.63, 3.8) is 0 Å². The number of ether oxygens (including phenoxy) is 1. The fourth-order valence-electron chi connectivity index (χ4n) is 3.62. The number of hydrogen-bond donors (Lipinski definition) is 3. The van der Waals surface area contributed by atoms with Crippen molar-refractivity contribution in [1.82, 2.24) is 9.88 Å². The summed E-state index contributed by atoms with van der Waals surface area (Å²) in [7, 11) is 5.78.